The van der Waals surface area contributed by atoms with Crippen molar-refractivity contribution < 1.29 is 0 Å². The molecule has 1 spiro atoms. The Morgan fingerprint density at radius 2 is 1.83 bits per heavy atom. The maximum atomic E-state index is 5.47. The Bertz CT molecular complexity index is 641. The van der Waals surface area contributed by atoms with Gasteiger partial charge >= 0.3 is 0 Å². The fourth-order valence-corrected chi connectivity index (χ4v) is 5.68. The van der Waals surface area contributed by atoms with Crippen LogP contribution in [0.1, 0.15) is 50.0 Å². The van der Waals surface area contributed by atoms with Crippen molar-refractivity contribution in [2.45, 2.75) is 50.0 Å². The lowest BCUT2D eigenvalue weighted by atomic mass is 9.71. The Morgan fingerprint density at radius 3 is 2.65 bits per heavy atom. The minimum absolute atomic E-state index is 0.160. The van der Waals surface area contributed by atoms with Gasteiger partial charge in [0, 0.05) is 31.3 Å². The highest BCUT2D eigenvalue weighted by Crippen LogP contribution is 2.60. The number of hydrogen-bond donors (Lipinski definition) is 0. The number of amidine groups is 1. The third-order valence-corrected chi connectivity index (χ3v) is 6.69. The first-order valence-electron chi connectivity index (χ1n) is 9.44. The lowest BCUT2D eigenvalue weighted by molar-refractivity contribution is 0.316. The number of likely N-dealkylation sites (tertiary alicyclic amines) is 1. The van der Waals surface area contributed by atoms with Crippen molar-refractivity contribution in [3.8, 4) is 0 Å². The Balaban J connectivity index is 1.52. The summed E-state index contributed by atoms with van der Waals surface area (Å²) in [6, 6.07) is 11.2. The second-order valence-corrected chi connectivity index (χ2v) is 7.85. The summed E-state index contributed by atoms with van der Waals surface area (Å²) < 4.78 is 0. The van der Waals surface area contributed by atoms with E-state index < -0.39 is 0 Å². The predicted octanol–water partition coefficient (Wildman–Crippen LogP) is 4.39. The van der Waals surface area contributed by atoms with Crippen LogP contribution in [0.4, 0.5) is 0 Å². The second kappa shape index (κ2) is 5.22. The van der Waals surface area contributed by atoms with E-state index in [1.165, 1.54) is 63.0 Å². The van der Waals surface area contributed by atoms with E-state index in [1.54, 1.807) is 0 Å². The zero-order chi connectivity index (χ0) is 15.3. The van der Waals surface area contributed by atoms with Crippen molar-refractivity contribution in [1.82, 2.24) is 4.90 Å². The first-order valence-corrected chi connectivity index (χ1v) is 9.44. The van der Waals surface area contributed by atoms with E-state index in [-0.39, 0.29) is 5.54 Å². The molecule has 4 atom stereocenters. The molecule has 1 saturated carbocycles. The molecule has 2 aliphatic heterocycles. The quantitative estimate of drug-likeness (QED) is 0.702. The summed E-state index contributed by atoms with van der Waals surface area (Å²) in [7, 11) is 0. The number of allylic oxidation sites excluding steroid dienone is 1. The molecule has 0 radical (unpaired) electrons. The van der Waals surface area contributed by atoms with Crippen LogP contribution < -0.4 is 0 Å². The van der Waals surface area contributed by atoms with Crippen LogP contribution in [0.5, 0.6) is 0 Å². The fourth-order valence-electron chi connectivity index (χ4n) is 5.68. The Kier molecular flexibility index (Phi) is 3.14. The van der Waals surface area contributed by atoms with Gasteiger partial charge in [-0.25, -0.2) is 0 Å². The van der Waals surface area contributed by atoms with Gasteiger partial charge in [0.25, 0.3) is 0 Å². The molecule has 2 heteroatoms. The highest BCUT2D eigenvalue weighted by atomic mass is 15.2. The van der Waals surface area contributed by atoms with Crippen molar-refractivity contribution in [2.75, 3.05) is 13.1 Å². The van der Waals surface area contributed by atoms with Crippen LogP contribution in [0.15, 0.2) is 47.5 Å². The smallest absolute Gasteiger partial charge is 0.0997 e. The Labute approximate surface area is 139 Å². The molecule has 2 heterocycles. The molecule has 1 saturated heterocycles. The van der Waals surface area contributed by atoms with Crippen molar-refractivity contribution in [1.29, 1.82) is 0 Å². The average molecular weight is 306 g/mol. The minimum Gasteiger partial charge on any atom is -0.360 e. The highest BCUT2D eigenvalue weighted by molar-refractivity contribution is 5.85. The molecule has 2 fully saturated rings. The lowest BCUT2D eigenvalue weighted by Gasteiger charge is -2.37. The molecule has 4 unspecified atom stereocenters. The maximum absolute atomic E-state index is 5.47. The minimum atomic E-state index is 0.160. The summed E-state index contributed by atoms with van der Waals surface area (Å²) in [6.07, 6.45) is 12.8. The SMILES string of the molecule is C1=CC2CC1C(c1ccccc1)C21CCC(N2CCCCC2)=N1. The van der Waals surface area contributed by atoms with E-state index in [9.17, 15) is 0 Å². The second-order valence-electron chi connectivity index (χ2n) is 7.85. The fraction of sp³-hybridized carbons (Fsp3) is 0.571. The highest BCUT2D eigenvalue weighted by Gasteiger charge is 2.58. The summed E-state index contributed by atoms with van der Waals surface area (Å²) in [6.45, 7) is 2.46. The molecule has 0 amide bonds. The Hall–Kier alpha value is -1.57. The van der Waals surface area contributed by atoms with E-state index >= 15 is 0 Å². The Morgan fingerprint density at radius 1 is 1.00 bits per heavy atom. The van der Waals surface area contributed by atoms with Gasteiger partial charge < -0.3 is 4.90 Å². The summed E-state index contributed by atoms with van der Waals surface area (Å²) in [5.41, 5.74) is 1.67. The van der Waals surface area contributed by atoms with Gasteiger partial charge in [-0.3, -0.25) is 4.99 Å². The van der Waals surface area contributed by atoms with E-state index in [0.717, 1.165) is 0 Å². The molecule has 5 rings (SSSR count). The van der Waals surface area contributed by atoms with Crippen molar-refractivity contribution in [3.63, 3.8) is 0 Å². The van der Waals surface area contributed by atoms with Gasteiger partial charge in [-0.05, 0) is 43.6 Å². The van der Waals surface area contributed by atoms with Gasteiger partial charge in [-0.1, -0.05) is 42.5 Å². The number of nitrogens with zero attached hydrogens (tertiary/aromatic N) is 2. The van der Waals surface area contributed by atoms with Crippen LogP contribution >= 0.6 is 0 Å². The zero-order valence-corrected chi connectivity index (χ0v) is 13.8. The van der Waals surface area contributed by atoms with Crippen LogP contribution in [0, 0.1) is 11.8 Å². The van der Waals surface area contributed by atoms with Crippen LogP contribution in [0.3, 0.4) is 0 Å². The van der Waals surface area contributed by atoms with Crippen LogP contribution in [-0.2, 0) is 0 Å². The maximum Gasteiger partial charge on any atom is 0.0997 e. The number of fused-ring (bicyclic) bond motifs is 3. The van der Waals surface area contributed by atoms with Gasteiger partial charge in [0.15, 0.2) is 0 Å². The molecule has 2 bridgehead atoms. The van der Waals surface area contributed by atoms with E-state index in [0.29, 0.717) is 17.8 Å². The zero-order valence-electron chi connectivity index (χ0n) is 13.8. The molecule has 4 aliphatic rings. The van der Waals surface area contributed by atoms with E-state index in [4.69, 9.17) is 4.99 Å². The monoisotopic (exact) mass is 306 g/mol. The van der Waals surface area contributed by atoms with Crippen molar-refractivity contribution >= 4 is 5.84 Å². The van der Waals surface area contributed by atoms with Crippen molar-refractivity contribution in [2.24, 2.45) is 16.8 Å². The van der Waals surface area contributed by atoms with Gasteiger partial charge in [0.2, 0.25) is 0 Å². The van der Waals surface area contributed by atoms with Crippen LogP contribution in [-0.4, -0.2) is 29.4 Å². The number of aliphatic imine (C=N–C) groups is 1. The normalized spacial score (nSPS) is 38.5. The van der Waals surface area contributed by atoms with Gasteiger partial charge in [-0.2, -0.15) is 0 Å². The summed E-state index contributed by atoms with van der Waals surface area (Å²) in [4.78, 5) is 8.07. The summed E-state index contributed by atoms with van der Waals surface area (Å²) >= 11 is 0. The molecule has 0 aromatic heterocycles. The first-order chi connectivity index (χ1) is 11.4. The van der Waals surface area contributed by atoms with Gasteiger partial charge in [0.1, 0.15) is 0 Å². The number of benzene rings is 1. The first kappa shape index (κ1) is 13.8. The molecule has 120 valence electrons. The molecular formula is C21H26N2. The van der Waals surface area contributed by atoms with Crippen LogP contribution in [0.2, 0.25) is 0 Å². The average Bonchev–Trinajstić information content (AvgIpc) is 3.32. The summed E-state index contributed by atoms with van der Waals surface area (Å²) in [5.74, 6) is 3.39. The molecule has 1 aromatic carbocycles. The van der Waals surface area contributed by atoms with Gasteiger partial charge in [-0.15, -0.1) is 0 Å². The molecule has 2 aliphatic carbocycles. The molecule has 23 heavy (non-hydrogen) atoms. The van der Waals surface area contributed by atoms with Gasteiger partial charge in [0.05, 0.1) is 11.4 Å². The third-order valence-electron chi connectivity index (χ3n) is 6.69. The standard InChI is InChI=1S/C21H26N2/c1-3-7-16(8-4-1)20-17-9-10-18(15-17)21(20)12-11-19(22-21)23-13-5-2-6-14-23/h1,3-4,7-10,17-18,20H,2,5-6,11-15H2. The van der Waals surface area contributed by atoms with E-state index in [1.807, 2.05) is 0 Å². The molecule has 2 nitrogen and oxygen atoms in total. The molecule has 0 N–H and O–H groups in total. The largest absolute Gasteiger partial charge is 0.360 e. The summed E-state index contributed by atoms with van der Waals surface area (Å²) in [5, 5.41) is 0. The molecular weight excluding hydrogens is 280 g/mol. The predicted molar refractivity (Wildman–Crippen MR) is 94.7 cm³/mol. The third kappa shape index (κ3) is 2.03. The number of hydrogen-bond acceptors (Lipinski definition) is 2. The van der Waals surface area contributed by atoms with Crippen LogP contribution in [0.25, 0.3) is 0 Å². The molecule has 1 aromatic rings. The van der Waals surface area contributed by atoms with Crippen molar-refractivity contribution in [3.05, 3.63) is 48.0 Å². The topological polar surface area (TPSA) is 15.6 Å². The van der Waals surface area contributed by atoms with E-state index in [2.05, 4.69) is 47.4 Å². The number of piperidine rings is 1. The lowest BCUT2D eigenvalue weighted by Crippen LogP contribution is -2.37. The number of rotatable bonds is 1.